The lowest BCUT2D eigenvalue weighted by Crippen LogP contribution is -2.54. The molecule has 1 aromatic carbocycles. The van der Waals surface area contributed by atoms with Crippen LogP contribution in [0.5, 0.6) is 0 Å². The van der Waals surface area contributed by atoms with Crippen molar-refractivity contribution >= 4 is 17.5 Å². The lowest BCUT2D eigenvalue weighted by molar-refractivity contribution is -0.142. The molecule has 2 bridgehead atoms. The third-order valence-corrected chi connectivity index (χ3v) is 7.80. The Morgan fingerprint density at radius 3 is 2.29 bits per heavy atom. The quantitative estimate of drug-likeness (QED) is 0.657. The number of halogens is 4. The molecule has 0 aliphatic heterocycles. The van der Waals surface area contributed by atoms with E-state index < -0.39 is 57.7 Å². The highest BCUT2D eigenvalue weighted by Gasteiger charge is 2.68. The van der Waals surface area contributed by atoms with Crippen LogP contribution >= 0.6 is 11.6 Å². The minimum Gasteiger partial charge on any atom is -0.390 e. The summed E-state index contributed by atoms with van der Waals surface area (Å²) < 4.78 is 45.1. The number of rotatable bonds is 4. The summed E-state index contributed by atoms with van der Waals surface area (Å²) in [6, 6.07) is 2.08. The van der Waals surface area contributed by atoms with Gasteiger partial charge in [-0.05, 0) is 62.5 Å². The van der Waals surface area contributed by atoms with E-state index in [4.69, 9.17) is 17.3 Å². The molecule has 4 atom stereocenters. The Morgan fingerprint density at radius 2 is 1.82 bits per heavy atom. The highest BCUT2D eigenvalue weighted by Crippen LogP contribution is 2.70. The summed E-state index contributed by atoms with van der Waals surface area (Å²) in [5.41, 5.74) is 1.07. The number of alkyl halides is 1. The fraction of sp³-hybridized carbons (Fsp3) is 0.650. The monoisotopic (exact) mass is 417 g/mol. The predicted octanol–water partition coefficient (Wildman–Crippen LogP) is 3.36. The molecule has 154 valence electrons. The number of aliphatic hydroxyl groups is 2. The van der Waals surface area contributed by atoms with Gasteiger partial charge in [0, 0.05) is 11.5 Å². The van der Waals surface area contributed by atoms with Crippen LogP contribution in [0.2, 0.25) is 5.02 Å². The van der Waals surface area contributed by atoms with Crippen LogP contribution in [0.15, 0.2) is 12.1 Å². The lowest BCUT2D eigenvalue weighted by Gasteiger charge is -2.47. The van der Waals surface area contributed by atoms with Crippen molar-refractivity contribution < 1.29 is 28.2 Å². The lowest BCUT2D eigenvalue weighted by atomic mass is 9.55. The van der Waals surface area contributed by atoms with E-state index in [1.807, 2.05) is 0 Å². The van der Waals surface area contributed by atoms with Crippen LogP contribution in [-0.2, 0) is 4.79 Å². The van der Waals surface area contributed by atoms with E-state index in [2.05, 4.69) is 0 Å². The normalized spacial score (nSPS) is 40.8. The van der Waals surface area contributed by atoms with E-state index in [0.29, 0.717) is 12.8 Å². The van der Waals surface area contributed by atoms with Gasteiger partial charge >= 0.3 is 0 Å². The van der Waals surface area contributed by atoms with E-state index in [9.17, 15) is 19.4 Å². The number of aliphatic hydroxyl groups excluding tert-OH is 2. The molecule has 8 heteroatoms. The maximum absolute atomic E-state index is 15.1. The summed E-state index contributed by atoms with van der Waals surface area (Å²) in [5, 5.41) is 20.6. The molecule has 1 aromatic rings. The van der Waals surface area contributed by atoms with E-state index in [1.165, 1.54) is 0 Å². The molecule has 0 saturated heterocycles. The molecular weight excluding hydrogens is 395 g/mol. The average molecular weight is 418 g/mol. The fourth-order valence-electron chi connectivity index (χ4n) is 6.25. The van der Waals surface area contributed by atoms with E-state index >= 15 is 8.78 Å². The first-order chi connectivity index (χ1) is 13.1. The zero-order valence-electron chi connectivity index (χ0n) is 15.2. The van der Waals surface area contributed by atoms with Gasteiger partial charge in [-0.3, -0.25) is 4.79 Å². The Hall–Kier alpha value is -1.31. The Morgan fingerprint density at radius 1 is 1.18 bits per heavy atom. The van der Waals surface area contributed by atoms with Crippen LogP contribution in [0.25, 0.3) is 0 Å². The molecule has 3 aliphatic carbocycles. The number of hydrogen-bond acceptors (Lipinski definition) is 3. The van der Waals surface area contributed by atoms with E-state index in [-0.39, 0.29) is 37.1 Å². The van der Waals surface area contributed by atoms with Crippen molar-refractivity contribution in [3.63, 3.8) is 0 Å². The maximum Gasteiger partial charge on any atom is 0.227 e. The Balaban J connectivity index is 1.99. The fourth-order valence-corrected chi connectivity index (χ4v) is 6.42. The summed E-state index contributed by atoms with van der Waals surface area (Å²) in [4.78, 5) is 12.7. The van der Waals surface area contributed by atoms with Gasteiger partial charge in [-0.2, -0.15) is 0 Å². The number of benzene rings is 1. The van der Waals surface area contributed by atoms with Crippen molar-refractivity contribution in [2.24, 2.45) is 16.6 Å². The molecule has 3 fully saturated rings. The second-order valence-electron chi connectivity index (χ2n) is 8.84. The zero-order valence-corrected chi connectivity index (χ0v) is 16.0. The van der Waals surface area contributed by atoms with Gasteiger partial charge in [-0.1, -0.05) is 11.6 Å². The smallest absolute Gasteiger partial charge is 0.227 e. The molecule has 0 heterocycles. The van der Waals surface area contributed by atoms with Gasteiger partial charge in [0.25, 0.3) is 0 Å². The maximum atomic E-state index is 15.1. The van der Waals surface area contributed by atoms with Crippen LogP contribution in [0.1, 0.15) is 56.4 Å². The summed E-state index contributed by atoms with van der Waals surface area (Å²) in [6.07, 6.45) is -1.72. The van der Waals surface area contributed by atoms with Gasteiger partial charge in [0.2, 0.25) is 5.91 Å². The second kappa shape index (κ2) is 6.34. The van der Waals surface area contributed by atoms with Gasteiger partial charge in [-0.25, -0.2) is 13.2 Å². The SMILES string of the molecule is NC(=O)C1([C@@H](c2c(F)ccc(Cl)c2F)C23CCC(F)(CC2)C3)CCC(O)C1O. The zero-order chi connectivity index (χ0) is 20.5. The predicted molar refractivity (Wildman–Crippen MR) is 96.3 cm³/mol. The molecule has 0 spiro atoms. The average Bonchev–Trinajstić information content (AvgIpc) is 3.26. The van der Waals surface area contributed by atoms with Gasteiger partial charge < -0.3 is 15.9 Å². The van der Waals surface area contributed by atoms with Crippen molar-refractivity contribution in [2.45, 2.75) is 68.7 Å². The molecule has 0 radical (unpaired) electrons. The third kappa shape index (κ3) is 2.55. The highest BCUT2D eigenvalue weighted by molar-refractivity contribution is 6.30. The van der Waals surface area contributed by atoms with Crippen LogP contribution in [0, 0.1) is 22.5 Å². The molecule has 4 nitrogen and oxygen atoms in total. The number of nitrogens with two attached hydrogens (primary N) is 1. The van der Waals surface area contributed by atoms with Gasteiger partial charge in [0.1, 0.15) is 17.3 Å². The molecule has 0 aromatic heterocycles. The summed E-state index contributed by atoms with van der Waals surface area (Å²) >= 11 is 5.92. The molecule has 3 unspecified atom stereocenters. The summed E-state index contributed by atoms with van der Waals surface area (Å²) in [6.45, 7) is 0. The number of amides is 1. The second-order valence-corrected chi connectivity index (χ2v) is 9.24. The van der Waals surface area contributed by atoms with E-state index in [0.717, 1.165) is 12.1 Å². The van der Waals surface area contributed by atoms with Crippen molar-refractivity contribution in [3.8, 4) is 0 Å². The molecule has 4 N–H and O–H groups in total. The van der Waals surface area contributed by atoms with E-state index in [1.54, 1.807) is 0 Å². The Labute approximate surface area is 165 Å². The van der Waals surface area contributed by atoms with Gasteiger partial charge in [0.05, 0.1) is 22.6 Å². The largest absolute Gasteiger partial charge is 0.390 e. The topological polar surface area (TPSA) is 83.6 Å². The molecule has 3 saturated carbocycles. The van der Waals surface area contributed by atoms with Crippen molar-refractivity contribution in [1.29, 1.82) is 0 Å². The minimum absolute atomic E-state index is 0.0356. The third-order valence-electron chi connectivity index (χ3n) is 7.51. The minimum atomic E-state index is -1.80. The Kier molecular flexibility index (Phi) is 4.53. The standard InChI is InChI=1S/C20H23ClF3NO3/c21-10-1-2-11(22)13(14(10)23)15(18-5-7-19(24,9-18)8-6-18)20(17(25)28)4-3-12(26)16(20)27/h1-2,12,15-16,26-27H,3-9H2,(H2,25,28)/t12?,15-,16?,18?,19?,20?/m0/s1. The number of carbonyl (C=O) groups is 1. The first kappa shape index (κ1) is 20.0. The first-order valence-electron chi connectivity index (χ1n) is 9.55. The van der Waals surface area contributed by atoms with Crippen LogP contribution in [0.4, 0.5) is 13.2 Å². The van der Waals surface area contributed by atoms with Crippen molar-refractivity contribution in [3.05, 3.63) is 34.4 Å². The molecule has 1 amide bonds. The number of primary amides is 1. The Bertz CT molecular complexity index is 827. The van der Waals surface area contributed by atoms with Gasteiger partial charge in [0.15, 0.2) is 0 Å². The molecular formula is C20H23ClF3NO3. The number of fused-ring (bicyclic) bond motifs is 2. The number of carbonyl (C=O) groups excluding carboxylic acids is 1. The first-order valence-corrected chi connectivity index (χ1v) is 9.92. The molecule has 3 aliphatic rings. The van der Waals surface area contributed by atoms with Crippen LogP contribution in [-0.4, -0.2) is 34.0 Å². The molecule has 28 heavy (non-hydrogen) atoms. The summed E-state index contributed by atoms with van der Waals surface area (Å²) in [7, 11) is 0. The van der Waals surface area contributed by atoms with Gasteiger partial charge in [-0.15, -0.1) is 0 Å². The number of hydrogen-bond donors (Lipinski definition) is 3. The van der Waals surface area contributed by atoms with Crippen molar-refractivity contribution in [2.75, 3.05) is 0 Å². The summed E-state index contributed by atoms with van der Waals surface area (Å²) in [5.74, 6) is -4.11. The van der Waals surface area contributed by atoms with Crippen molar-refractivity contribution in [1.82, 2.24) is 0 Å². The van der Waals surface area contributed by atoms with Crippen LogP contribution < -0.4 is 5.73 Å². The highest BCUT2D eigenvalue weighted by atomic mass is 35.5. The molecule has 4 rings (SSSR count). The van der Waals surface area contributed by atoms with Crippen LogP contribution in [0.3, 0.4) is 0 Å².